The normalized spacial score (nSPS) is 19.6. The van der Waals surface area contributed by atoms with E-state index in [-0.39, 0.29) is 11.5 Å². The second-order valence-corrected chi connectivity index (χ2v) is 7.77. The fourth-order valence-corrected chi connectivity index (χ4v) is 3.84. The second-order valence-electron chi connectivity index (χ2n) is 7.33. The van der Waals surface area contributed by atoms with Crippen LogP contribution in [0.5, 0.6) is 0 Å². The van der Waals surface area contributed by atoms with Gasteiger partial charge in [0.2, 0.25) is 0 Å². The van der Waals surface area contributed by atoms with Gasteiger partial charge in [0.05, 0.1) is 5.97 Å². The molecular formula is C21H22ClN2O3-. The maximum absolute atomic E-state index is 12.4. The molecule has 1 N–H and O–H groups in total. The van der Waals surface area contributed by atoms with Gasteiger partial charge in [0.15, 0.2) is 0 Å². The van der Waals surface area contributed by atoms with Gasteiger partial charge in [-0.2, -0.15) is 0 Å². The molecule has 5 nitrogen and oxygen atoms in total. The molecule has 2 atom stereocenters. The highest BCUT2D eigenvalue weighted by molar-refractivity contribution is 6.30. The molecule has 6 heteroatoms. The molecule has 0 radical (unpaired) electrons. The summed E-state index contributed by atoms with van der Waals surface area (Å²) in [7, 11) is 0. The van der Waals surface area contributed by atoms with Crippen molar-refractivity contribution in [2.24, 2.45) is 11.8 Å². The van der Waals surface area contributed by atoms with Crippen LogP contribution in [-0.2, 0) is 0 Å². The van der Waals surface area contributed by atoms with Crippen molar-refractivity contribution >= 4 is 34.9 Å². The highest BCUT2D eigenvalue weighted by Crippen LogP contribution is 2.30. The van der Waals surface area contributed by atoms with Crippen molar-refractivity contribution in [2.75, 3.05) is 23.3 Å². The summed E-state index contributed by atoms with van der Waals surface area (Å²) in [5.41, 5.74) is 1.58. The second kappa shape index (κ2) is 8.01. The van der Waals surface area contributed by atoms with Crippen molar-refractivity contribution in [1.29, 1.82) is 0 Å². The number of nitrogens with zero attached hydrogens (tertiary/aromatic N) is 1. The van der Waals surface area contributed by atoms with Gasteiger partial charge in [0.1, 0.15) is 0 Å². The summed E-state index contributed by atoms with van der Waals surface area (Å²) in [6, 6.07) is 11.4. The number of carbonyl (C=O) groups is 2. The van der Waals surface area contributed by atoms with Crippen LogP contribution in [0.3, 0.4) is 0 Å². The van der Waals surface area contributed by atoms with E-state index < -0.39 is 5.97 Å². The van der Waals surface area contributed by atoms with E-state index in [1.54, 1.807) is 36.4 Å². The molecular weight excluding hydrogens is 364 g/mol. The van der Waals surface area contributed by atoms with E-state index >= 15 is 0 Å². The Bertz CT molecular complexity index is 841. The number of rotatable bonds is 4. The Kier molecular flexibility index (Phi) is 5.71. The SMILES string of the molecule is C[C@H]1C[C@H](C)CN(c2ccc(NC(=O)c3ccc(Cl)cc3)cc2C(=O)[O-])C1. The van der Waals surface area contributed by atoms with Crippen LogP contribution in [0, 0.1) is 11.8 Å². The van der Waals surface area contributed by atoms with Crippen molar-refractivity contribution in [3.8, 4) is 0 Å². The van der Waals surface area contributed by atoms with Crippen molar-refractivity contribution in [1.82, 2.24) is 0 Å². The molecule has 142 valence electrons. The summed E-state index contributed by atoms with van der Waals surface area (Å²) < 4.78 is 0. The van der Waals surface area contributed by atoms with E-state index in [9.17, 15) is 14.7 Å². The largest absolute Gasteiger partial charge is 0.545 e. The minimum Gasteiger partial charge on any atom is -0.545 e. The summed E-state index contributed by atoms with van der Waals surface area (Å²) in [4.78, 5) is 26.2. The first-order valence-corrected chi connectivity index (χ1v) is 9.38. The molecule has 1 aliphatic rings. The smallest absolute Gasteiger partial charge is 0.255 e. The molecule has 0 saturated carbocycles. The number of nitrogens with one attached hydrogen (secondary N) is 1. The molecule has 0 spiro atoms. The molecule has 3 rings (SSSR count). The third-order valence-corrected chi connectivity index (χ3v) is 5.04. The molecule has 1 saturated heterocycles. The van der Waals surface area contributed by atoms with Crippen LogP contribution in [0.4, 0.5) is 11.4 Å². The average molecular weight is 386 g/mol. The molecule has 2 aromatic carbocycles. The molecule has 0 unspecified atom stereocenters. The molecule has 0 aromatic heterocycles. The van der Waals surface area contributed by atoms with Crippen LogP contribution < -0.4 is 15.3 Å². The minimum absolute atomic E-state index is 0.0882. The van der Waals surface area contributed by atoms with Crippen LogP contribution in [0.25, 0.3) is 0 Å². The van der Waals surface area contributed by atoms with Gasteiger partial charge in [0.25, 0.3) is 5.91 Å². The Labute approximate surface area is 163 Å². The monoisotopic (exact) mass is 385 g/mol. The number of hydrogen-bond donors (Lipinski definition) is 1. The minimum atomic E-state index is -1.25. The van der Waals surface area contributed by atoms with Gasteiger partial charge in [-0.3, -0.25) is 4.79 Å². The number of carboxylic acids is 1. The summed E-state index contributed by atoms with van der Waals surface area (Å²) in [5, 5.41) is 15.0. The maximum atomic E-state index is 12.4. The zero-order chi connectivity index (χ0) is 19.6. The first kappa shape index (κ1) is 19.2. The van der Waals surface area contributed by atoms with E-state index in [1.807, 2.05) is 0 Å². The number of piperidine rings is 1. The lowest BCUT2D eigenvalue weighted by Crippen LogP contribution is -2.40. The topological polar surface area (TPSA) is 72.5 Å². The molecule has 1 amide bonds. The third kappa shape index (κ3) is 4.61. The van der Waals surface area contributed by atoms with Crippen molar-refractivity contribution in [2.45, 2.75) is 20.3 Å². The summed E-state index contributed by atoms with van der Waals surface area (Å²) in [6.07, 6.45) is 1.13. The fourth-order valence-electron chi connectivity index (χ4n) is 3.72. The first-order valence-electron chi connectivity index (χ1n) is 9.00. The maximum Gasteiger partial charge on any atom is 0.255 e. The van der Waals surface area contributed by atoms with Gasteiger partial charge in [-0.15, -0.1) is 0 Å². The fraction of sp³-hybridized carbons (Fsp3) is 0.333. The number of carboxylic acid groups (broad SMARTS) is 1. The highest BCUT2D eigenvalue weighted by atomic mass is 35.5. The summed E-state index contributed by atoms with van der Waals surface area (Å²) in [6.45, 7) is 5.95. The lowest BCUT2D eigenvalue weighted by molar-refractivity contribution is -0.254. The molecule has 0 bridgehead atoms. The third-order valence-electron chi connectivity index (χ3n) is 4.79. The molecule has 0 aliphatic carbocycles. The van der Waals surface area contributed by atoms with Gasteiger partial charge in [0, 0.05) is 40.6 Å². The number of hydrogen-bond acceptors (Lipinski definition) is 4. The Morgan fingerprint density at radius 2 is 1.70 bits per heavy atom. The Hall–Kier alpha value is -2.53. The molecule has 1 fully saturated rings. The van der Waals surface area contributed by atoms with Gasteiger partial charge >= 0.3 is 0 Å². The lowest BCUT2D eigenvalue weighted by Gasteiger charge is -2.37. The van der Waals surface area contributed by atoms with Crippen molar-refractivity contribution in [3.05, 3.63) is 58.6 Å². The standard InChI is InChI=1S/C21H23ClN2O3/c1-13-9-14(2)12-24(11-13)19-8-7-17(10-18(19)21(26)27)23-20(25)15-3-5-16(22)6-4-15/h3-8,10,13-14H,9,11-12H2,1-2H3,(H,23,25)(H,26,27)/p-1/t13-,14-/m0/s1. The van der Waals surface area contributed by atoms with Crippen molar-refractivity contribution in [3.63, 3.8) is 0 Å². The van der Waals surface area contributed by atoms with E-state index in [2.05, 4.69) is 24.1 Å². The van der Waals surface area contributed by atoms with E-state index in [0.717, 1.165) is 19.5 Å². The van der Waals surface area contributed by atoms with Gasteiger partial charge in [-0.1, -0.05) is 25.4 Å². The number of halogens is 1. The van der Waals surface area contributed by atoms with E-state index in [1.165, 1.54) is 6.07 Å². The zero-order valence-electron chi connectivity index (χ0n) is 15.4. The number of aromatic carboxylic acids is 1. The van der Waals surface area contributed by atoms with E-state index in [4.69, 9.17) is 11.6 Å². The van der Waals surface area contributed by atoms with Crippen molar-refractivity contribution < 1.29 is 14.7 Å². The summed E-state index contributed by atoms with van der Waals surface area (Å²) >= 11 is 5.84. The average Bonchev–Trinajstić information content (AvgIpc) is 2.61. The Morgan fingerprint density at radius 3 is 2.30 bits per heavy atom. The number of anilines is 2. The Balaban J connectivity index is 1.84. The van der Waals surface area contributed by atoms with Crippen LogP contribution in [0.2, 0.25) is 5.02 Å². The molecule has 1 aliphatic heterocycles. The Morgan fingerprint density at radius 1 is 1.07 bits per heavy atom. The van der Waals surface area contributed by atoms with Gasteiger partial charge < -0.3 is 20.1 Å². The van der Waals surface area contributed by atoms with Gasteiger partial charge in [-0.25, -0.2) is 0 Å². The summed E-state index contributed by atoms with van der Waals surface area (Å²) in [5.74, 6) is -0.595. The van der Waals surface area contributed by atoms with Crippen LogP contribution in [0.1, 0.15) is 41.0 Å². The number of amides is 1. The quantitative estimate of drug-likeness (QED) is 0.875. The molecule has 2 aromatic rings. The lowest BCUT2D eigenvalue weighted by atomic mass is 9.91. The number of carbonyl (C=O) groups excluding carboxylic acids is 2. The van der Waals surface area contributed by atoms with Crippen LogP contribution in [-0.4, -0.2) is 25.0 Å². The zero-order valence-corrected chi connectivity index (χ0v) is 16.1. The van der Waals surface area contributed by atoms with Crippen LogP contribution >= 0.6 is 11.6 Å². The highest BCUT2D eigenvalue weighted by Gasteiger charge is 2.24. The van der Waals surface area contributed by atoms with Crippen LogP contribution in [0.15, 0.2) is 42.5 Å². The number of benzene rings is 2. The predicted molar refractivity (Wildman–Crippen MR) is 105 cm³/mol. The molecule has 1 heterocycles. The first-order chi connectivity index (χ1) is 12.8. The molecule has 27 heavy (non-hydrogen) atoms. The van der Waals surface area contributed by atoms with Gasteiger partial charge in [-0.05, 0) is 60.7 Å². The van der Waals surface area contributed by atoms with E-state index in [0.29, 0.717) is 33.8 Å². The predicted octanol–water partition coefficient (Wildman–Crippen LogP) is 3.44.